The summed E-state index contributed by atoms with van der Waals surface area (Å²) < 4.78 is 2.62. The van der Waals surface area contributed by atoms with Crippen LogP contribution in [-0.2, 0) is 19.4 Å². The van der Waals surface area contributed by atoms with Gasteiger partial charge in [0, 0.05) is 79.6 Å². The fourth-order valence-electron chi connectivity index (χ4n) is 12.4. The molecule has 5 atom stereocenters. The first-order valence-corrected chi connectivity index (χ1v) is 28.0. The Hall–Kier alpha value is -4.05. The summed E-state index contributed by atoms with van der Waals surface area (Å²) in [6.45, 7) is 44.7. The Kier molecular flexibility index (Phi) is 18.5. The number of fused-ring (bicyclic) bond motifs is 1. The van der Waals surface area contributed by atoms with Crippen molar-refractivity contribution in [2.24, 2.45) is 23.2 Å². The van der Waals surface area contributed by atoms with E-state index in [4.69, 9.17) is 26.1 Å². The molecule has 0 amide bonds. The van der Waals surface area contributed by atoms with Gasteiger partial charge in [-0.2, -0.15) is 0 Å². The first kappa shape index (κ1) is 53.7. The molecule has 3 aliphatic heterocycles. The molecular weight excluding hydrogens is 856 g/mol. The largest absolute Gasteiger partial charge is 0.380 e. The summed E-state index contributed by atoms with van der Waals surface area (Å²) in [6, 6.07) is 17.5. The number of aryl methyl sites for hydroxylation is 2. The van der Waals surface area contributed by atoms with Gasteiger partial charge in [-0.15, -0.1) is 0 Å². The lowest BCUT2D eigenvalue weighted by molar-refractivity contribution is 0.187. The smallest absolute Gasteiger partial charge is 0.182 e. The van der Waals surface area contributed by atoms with Crippen LogP contribution >= 0.6 is 0 Å². The summed E-state index contributed by atoms with van der Waals surface area (Å²) in [5, 5.41) is 7.72. The van der Waals surface area contributed by atoms with Gasteiger partial charge in [-0.3, -0.25) is 9.88 Å². The van der Waals surface area contributed by atoms with Crippen LogP contribution in [0, 0.1) is 30.1 Å². The molecule has 2 aromatic heterocycles. The molecule has 0 spiro atoms. The number of nitrogens with zero attached hydrogens (tertiary/aromatic N) is 6. The lowest BCUT2D eigenvalue weighted by Crippen LogP contribution is -2.49. The highest BCUT2D eigenvalue weighted by atomic mass is 15.5. The zero-order valence-corrected chi connectivity index (χ0v) is 45.9. The molecule has 9 heteroatoms. The Morgan fingerprint density at radius 2 is 1.70 bits per heavy atom. The van der Waals surface area contributed by atoms with E-state index in [1.54, 1.807) is 0 Å². The Bertz CT molecular complexity index is 2370. The minimum atomic E-state index is -0.000688. The van der Waals surface area contributed by atoms with Crippen molar-refractivity contribution in [3.05, 3.63) is 95.6 Å². The van der Waals surface area contributed by atoms with Gasteiger partial charge in [0.2, 0.25) is 0 Å². The summed E-state index contributed by atoms with van der Waals surface area (Å²) in [5.74, 6) is 1.81. The van der Waals surface area contributed by atoms with E-state index in [1.807, 2.05) is 4.81 Å². The van der Waals surface area contributed by atoms with Crippen LogP contribution in [0.5, 0.6) is 0 Å². The van der Waals surface area contributed by atoms with Crippen molar-refractivity contribution in [1.82, 2.24) is 35.0 Å². The number of pyridine rings is 1. The molecular formula is C61H93BN8. The molecule has 380 valence electrons. The van der Waals surface area contributed by atoms with Crippen molar-refractivity contribution in [3.63, 3.8) is 0 Å². The van der Waals surface area contributed by atoms with Crippen molar-refractivity contribution >= 4 is 24.6 Å². The number of piperazine rings is 1. The topological polar surface area (TPSA) is 54.8 Å². The van der Waals surface area contributed by atoms with Gasteiger partial charge in [0.25, 0.3) is 0 Å². The highest BCUT2D eigenvalue weighted by Gasteiger charge is 2.32. The maximum atomic E-state index is 6.33. The SMILES string of the molecule is [B]N1CCC(CCC(C(=C)NC(Cc2cc(C)cc(-c3ccc4c(c3)c(CC(C)(C)CCC)c(-c3cc(N5CCN(CCC)CC5)cnc3C(C)CC)n4CC)c2)C(=C)N2CCCCN2)C(C)C)[C@H]1C. The molecule has 8 nitrogen and oxygen atoms in total. The minimum Gasteiger partial charge on any atom is -0.380 e. The maximum absolute atomic E-state index is 6.33. The molecule has 3 aliphatic rings. The van der Waals surface area contributed by atoms with E-state index in [2.05, 4.69) is 155 Å². The van der Waals surface area contributed by atoms with Gasteiger partial charge in [0.05, 0.1) is 29.3 Å². The number of benzene rings is 2. The molecule has 3 saturated heterocycles. The number of rotatable bonds is 23. The summed E-state index contributed by atoms with van der Waals surface area (Å²) in [4.78, 5) is 12.6. The molecule has 2 aromatic carbocycles. The number of hydrogen-bond acceptors (Lipinski definition) is 7. The minimum absolute atomic E-state index is 0.000688. The highest BCUT2D eigenvalue weighted by Crippen LogP contribution is 2.44. The third-order valence-electron chi connectivity index (χ3n) is 16.8. The second-order valence-corrected chi connectivity index (χ2v) is 23.0. The van der Waals surface area contributed by atoms with E-state index >= 15 is 0 Å². The zero-order chi connectivity index (χ0) is 50.3. The predicted octanol–water partition coefficient (Wildman–Crippen LogP) is 13.1. The number of hydrazine groups is 1. The quantitative estimate of drug-likeness (QED) is 0.0719. The van der Waals surface area contributed by atoms with Crippen molar-refractivity contribution in [3.8, 4) is 22.4 Å². The standard InChI is InChI=1S/C61H93BN8/c1-14-25-61(12,13)40-56-54-38-50(21-23-58(54)68(17-4)60(56)55-39-52(41-63-59(55)44(8)16-3)67-32-30-66(27-15-2)31-33-67)51-35-43(7)34-48(36-51)37-57(47(11)70-28-19-18-26-64-70)65-45(9)53(42(5)6)22-20-49-24-29-69(62)46(49)10/h21,23,34-36,38-39,41-42,44,46,49,53,57,64-65H,9,11,14-20,22,24-33,37,40H2,1-8,10,12-13H3/t44?,46-,49?,53?,57?/m1/s1. The second-order valence-electron chi connectivity index (χ2n) is 23.0. The summed E-state index contributed by atoms with van der Waals surface area (Å²) in [6.07, 6.45) is 14.4. The molecule has 5 heterocycles. The Morgan fingerprint density at radius 3 is 2.34 bits per heavy atom. The lowest BCUT2D eigenvalue weighted by Gasteiger charge is -2.37. The predicted molar refractivity (Wildman–Crippen MR) is 302 cm³/mol. The first-order chi connectivity index (χ1) is 33.6. The van der Waals surface area contributed by atoms with E-state index in [9.17, 15) is 0 Å². The fraction of sp³-hybridized carbons (Fsp3) is 0.623. The molecule has 7 rings (SSSR count). The number of aromatic nitrogens is 2. The third kappa shape index (κ3) is 12.6. The van der Waals surface area contributed by atoms with Crippen LogP contribution in [0.3, 0.4) is 0 Å². The molecule has 0 bridgehead atoms. The first-order valence-electron chi connectivity index (χ1n) is 28.0. The van der Waals surface area contributed by atoms with Gasteiger partial charge in [-0.05, 0) is 161 Å². The van der Waals surface area contributed by atoms with Crippen LogP contribution in [-0.4, -0.2) is 96.7 Å². The summed E-state index contributed by atoms with van der Waals surface area (Å²) in [7, 11) is 6.33. The van der Waals surface area contributed by atoms with Crippen molar-refractivity contribution in [1.29, 1.82) is 0 Å². The van der Waals surface area contributed by atoms with Gasteiger partial charge < -0.3 is 24.6 Å². The third-order valence-corrected chi connectivity index (χ3v) is 16.8. The molecule has 0 aliphatic carbocycles. The molecule has 4 aromatic rings. The Morgan fingerprint density at radius 1 is 0.929 bits per heavy atom. The van der Waals surface area contributed by atoms with Gasteiger partial charge in [-0.25, -0.2) is 5.43 Å². The van der Waals surface area contributed by atoms with E-state index in [0.29, 0.717) is 29.7 Å². The lowest BCUT2D eigenvalue weighted by atomic mass is 9.80. The summed E-state index contributed by atoms with van der Waals surface area (Å²) >= 11 is 0. The van der Waals surface area contributed by atoms with Crippen LogP contribution in [0.2, 0.25) is 0 Å². The zero-order valence-electron chi connectivity index (χ0n) is 45.9. The van der Waals surface area contributed by atoms with Crippen LogP contribution in [0.4, 0.5) is 5.69 Å². The van der Waals surface area contributed by atoms with E-state index in [1.165, 1.54) is 113 Å². The van der Waals surface area contributed by atoms with Gasteiger partial charge in [0.1, 0.15) is 0 Å². The van der Waals surface area contributed by atoms with Crippen molar-refractivity contribution < 1.29 is 0 Å². The van der Waals surface area contributed by atoms with Crippen LogP contribution in [0.1, 0.15) is 155 Å². The maximum Gasteiger partial charge on any atom is 0.182 e. The molecule has 2 N–H and O–H groups in total. The number of anilines is 1. The second kappa shape index (κ2) is 24.1. The van der Waals surface area contributed by atoms with Crippen molar-refractivity contribution in [2.45, 2.75) is 171 Å². The van der Waals surface area contributed by atoms with Crippen LogP contribution in [0.25, 0.3) is 33.3 Å². The number of hydrogen-bond donors (Lipinski definition) is 2. The van der Waals surface area contributed by atoms with Crippen LogP contribution < -0.4 is 15.6 Å². The average molecular weight is 949 g/mol. The van der Waals surface area contributed by atoms with Crippen molar-refractivity contribution in [2.75, 3.05) is 57.3 Å². The molecule has 0 saturated carbocycles. The monoisotopic (exact) mass is 949 g/mol. The van der Waals surface area contributed by atoms with Gasteiger partial charge >= 0.3 is 0 Å². The normalized spacial score (nSPS) is 19.8. The molecule has 2 radical (unpaired) electrons. The van der Waals surface area contributed by atoms with Gasteiger partial charge in [0.15, 0.2) is 7.98 Å². The van der Waals surface area contributed by atoms with E-state index in [0.717, 1.165) is 89.4 Å². The fourth-order valence-corrected chi connectivity index (χ4v) is 12.4. The van der Waals surface area contributed by atoms with E-state index in [-0.39, 0.29) is 11.5 Å². The molecule has 70 heavy (non-hydrogen) atoms. The molecule has 4 unspecified atom stereocenters. The van der Waals surface area contributed by atoms with Crippen LogP contribution in [0.15, 0.2) is 73.2 Å². The number of allylic oxidation sites excluding steroid dienone is 1. The Balaban J connectivity index is 1.27. The van der Waals surface area contributed by atoms with Gasteiger partial charge in [-0.1, -0.05) is 112 Å². The number of nitrogens with one attached hydrogen (secondary N) is 2. The summed E-state index contributed by atoms with van der Waals surface area (Å²) in [5.41, 5.74) is 19.1. The highest BCUT2D eigenvalue weighted by molar-refractivity contribution is 6.04. The van der Waals surface area contributed by atoms with E-state index < -0.39 is 0 Å². The average Bonchev–Trinajstić information content (AvgIpc) is 3.83. The Labute approximate surface area is 427 Å². The molecule has 3 fully saturated rings.